The summed E-state index contributed by atoms with van der Waals surface area (Å²) in [6.07, 6.45) is 3.85. The van der Waals surface area contributed by atoms with Gasteiger partial charge in [-0.05, 0) is 38.1 Å². The summed E-state index contributed by atoms with van der Waals surface area (Å²) in [4.78, 5) is 7.26. The van der Waals surface area contributed by atoms with Crippen molar-refractivity contribution in [2.75, 3.05) is 18.0 Å². The number of aromatic nitrogens is 3. The zero-order valence-corrected chi connectivity index (χ0v) is 13.5. The first-order valence-corrected chi connectivity index (χ1v) is 8.11. The van der Waals surface area contributed by atoms with E-state index in [-0.39, 0.29) is 0 Å². The number of pyridine rings is 2. The predicted octanol–water partition coefficient (Wildman–Crippen LogP) is 2.58. The smallest absolute Gasteiger partial charge is 0.129 e. The van der Waals surface area contributed by atoms with Crippen LogP contribution in [0.3, 0.4) is 0 Å². The summed E-state index contributed by atoms with van der Waals surface area (Å²) in [5.41, 5.74) is 3.13. The highest BCUT2D eigenvalue weighted by atomic mass is 15.3. The van der Waals surface area contributed by atoms with Gasteiger partial charge in [0.1, 0.15) is 5.82 Å². The van der Waals surface area contributed by atoms with Crippen LogP contribution in [0, 0.1) is 0 Å². The number of nitrogens with one attached hydrogen (secondary N) is 1. The lowest BCUT2D eigenvalue weighted by Gasteiger charge is -2.37. The standard InChI is InChI=1S/C18H21N5/c1-13-11-22(12-14(2)20-13)18-8-5-6-16(21-18)15-10-19-23-9-4-3-7-17(15)23/h3-10,13-14,20H,11-12H2,1-2H3/t13-,14-/m1/s1. The molecule has 2 atom stereocenters. The maximum atomic E-state index is 4.90. The molecule has 5 heteroatoms. The molecule has 4 heterocycles. The fourth-order valence-corrected chi connectivity index (χ4v) is 3.40. The van der Waals surface area contributed by atoms with Crippen molar-refractivity contribution in [2.24, 2.45) is 0 Å². The molecule has 0 aliphatic carbocycles. The molecule has 5 nitrogen and oxygen atoms in total. The zero-order chi connectivity index (χ0) is 15.8. The molecule has 0 unspecified atom stereocenters. The van der Waals surface area contributed by atoms with Crippen molar-refractivity contribution in [1.82, 2.24) is 19.9 Å². The first kappa shape index (κ1) is 14.2. The van der Waals surface area contributed by atoms with E-state index in [0.29, 0.717) is 12.1 Å². The quantitative estimate of drug-likeness (QED) is 0.790. The molecule has 4 rings (SSSR count). The summed E-state index contributed by atoms with van der Waals surface area (Å²) in [7, 11) is 0. The van der Waals surface area contributed by atoms with E-state index in [9.17, 15) is 0 Å². The summed E-state index contributed by atoms with van der Waals surface area (Å²) in [5.74, 6) is 1.04. The molecule has 1 saturated heterocycles. The van der Waals surface area contributed by atoms with Crippen LogP contribution < -0.4 is 10.2 Å². The Labute approximate surface area is 136 Å². The molecule has 3 aromatic rings. The highest BCUT2D eigenvalue weighted by Crippen LogP contribution is 2.25. The van der Waals surface area contributed by atoms with Crippen molar-refractivity contribution in [1.29, 1.82) is 0 Å². The first-order valence-electron chi connectivity index (χ1n) is 8.11. The van der Waals surface area contributed by atoms with Crippen molar-refractivity contribution in [3.63, 3.8) is 0 Å². The van der Waals surface area contributed by atoms with Crippen LogP contribution in [-0.4, -0.2) is 39.8 Å². The second kappa shape index (κ2) is 5.66. The predicted molar refractivity (Wildman–Crippen MR) is 92.7 cm³/mol. The molecule has 23 heavy (non-hydrogen) atoms. The third-order valence-electron chi connectivity index (χ3n) is 4.32. The molecule has 1 N–H and O–H groups in total. The van der Waals surface area contributed by atoms with E-state index in [0.717, 1.165) is 35.7 Å². The average molecular weight is 307 g/mol. The van der Waals surface area contributed by atoms with Gasteiger partial charge in [0.25, 0.3) is 0 Å². The Hall–Kier alpha value is -2.40. The van der Waals surface area contributed by atoms with Crippen LogP contribution in [0.1, 0.15) is 13.8 Å². The molecule has 0 bridgehead atoms. The molecule has 3 aromatic heterocycles. The molecule has 0 saturated carbocycles. The van der Waals surface area contributed by atoms with Gasteiger partial charge >= 0.3 is 0 Å². The largest absolute Gasteiger partial charge is 0.353 e. The Bertz CT molecular complexity index is 815. The molecular weight excluding hydrogens is 286 g/mol. The first-order chi connectivity index (χ1) is 11.2. The van der Waals surface area contributed by atoms with Crippen molar-refractivity contribution in [3.8, 4) is 11.3 Å². The van der Waals surface area contributed by atoms with E-state index in [1.807, 2.05) is 29.0 Å². The Morgan fingerprint density at radius 3 is 2.70 bits per heavy atom. The van der Waals surface area contributed by atoms with E-state index in [1.165, 1.54) is 0 Å². The lowest BCUT2D eigenvalue weighted by Crippen LogP contribution is -2.54. The molecule has 0 radical (unpaired) electrons. The van der Waals surface area contributed by atoms with E-state index in [2.05, 4.69) is 53.4 Å². The SMILES string of the molecule is C[C@@H]1CN(c2cccc(-c3cnn4ccccc34)n2)C[C@@H](C)N1. The van der Waals surface area contributed by atoms with Gasteiger partial charge in [-0.1, -0.05) is 12.1 Å². The van der Waals surface area contributed by atoms with Gasteiger partial charge in [-0.25, -0.2) is 9.50 Å². The van der Waals surface area contributed by atoms with Gasteiger partial charge in [0, 0.05) is 36.9 Å². The number of hydrogen-bond donors (Lipinski definition) is 1. The van der Waals surface area contributed by atoms with E-state index >= 15 is 0 Å². The number of hydrogen-bond acceptors (Lipinski definition) is 4. The third kappa shape index (κ3) is 2.68. The lowest BCUT2D eigenvalue weighted by molar-refractivity contribution is 0.405. The summed E-state index contributed by atoms with van der Waals surface area (Å²) in [6, 6.07) is 13.3. The fourth-order valence-electron chi connectivity index (χ4n) is 3.40. The van der Waals surface area contributed by atoms with Crippen LogP contribution in [0.15, 0.2) is 48.8 Å². The molecule has 118 valence electrons. The second-order valence-electron chi connectivity index (χ2n) is 6.34. The third-order valence-corrected chi connectivity index (χ3v) is 4.32. The van der Waals surface area contributed by atoms with Crippen molar-refractivity contribution >= 4 is 11.3 Å². The molecule has 0 aromatic carbocycles. The van der Waals surface area contributed by atoms with Gasteiger partial charge in [0.05, 0.1) is 17.4 Å². The molecule has 0 amide bonds. The summed E-state index contributed by atoms with van der Waals surface area (Å²) in [6.45, 7) is 6.40. The van der Waals surface area contributed by atoms with E-state index in [4.69, 9.17) is 4.98 Å². The average Bonchev–Trinajstić information content (AvgIpc) is 2.98. The topological polar surface area (TPSA) is 45.5 Å². The van der Waals surface area contributed by atoms with E-state index in [1.54, 1.807) is 0 Å². The lowest BCUT2D eigenvalue weighted by atomic mass is 10.1. The second-order valence-corrected chi connectivity index (χ2v) is 6.34. The van der Waals surface area contributed by atoms with Crippen LogP contribution >= 0.6 is 0 Å². The van der Waals surface area contributed by atoms with Crippen LogP contribution in [0.25, 0.3) is 16.8 Å². The normalized spacial score (nSPS) is 21.7. The van der Waals surface area contributed by atoms with Gasteiger partial charge in [-0.15, -0.1) is 0 Å². The summed E-state index contributed by atoms with van der Waals surface area (Å²) < 4.78 is 1.89. The molecular formula is C18H21N5. The zero-order valence-electron chi connectivity index (χ0n) is 13.5. The number of nitrogens with zero attached hydrogens (tertiary/aromatic N) is 4. The minimum absolute atomic E-state index is 0.473. The van der Waals surface area contributed by atoms with Gasteiger partial charge in [0.15, 0.2) is 0 Å². The summed E-state index contributed by atoms with van der Waals surface area (Å²) in [5, 5.41) is 7.98. The molecule has 1 aliphatic heterocycles. The monoisotopic (exact) mass is 307 g/mol. The minimum atomic E-state index is 0.473. The van der Waals surface area contributed by atoms with Crippen LogP contribution in [-0.2, 0) is 0 Å². The van der Waals surface area contributed by atoms with Gasteiger partial charge in [0.2, 0.25) is 0 Å². The molecule has 1 fully saturated rings. The Balaban J connectivity index is 1.71. The van der Waals surface area contributed by atoms with Crippen LogP contribution in [0.5, 0.6) is 0 Å². The number of anilines is 1. The fraction of sp³-hybridized carbons (Fsp3) is 0.333. The van der Waals surface area contributed by atoms with Crippen molar-refractivity contribution < 1.29 is 0 Å². The Kier molecular flexibility index (Phi) is 3.50. The maximum Gasteiger partial charge on any atom is 0.129 e. The molecule has 0 spiro atoms. The van der Waals surface area contributed by atoms with Gasteiger partial charge in [-0.2, -0.15) is 5.10 Å². The van der Waals surface area contributed by atoms with Crippen LogP contribution in [0.2, 0.25) is 0 Å². The van der Waals surface area contributed by atoms with Crippen molar-refractivity contribution in [3.05, 3.63) is 48.8 Å². The van der Waals surface area contributed by atoms with Crippen molar-refractivity contribution in [2.45, 2.75) is 25.9 Å². The highest BCUT2D eigenvalue weighted by molar-refractivity contribution is 5.78. The maximum absolute atomic E-state index is 4.90. The number of fused-ring (bicyclic) bond motifs is 1. The van der Waals surface area contributed by atoms with Crippen LogP contribution in [0.4, 0.5) is 5.82 Å². The number of rotatable bonds is 2. The molecule has 1 aliphatic rings. The van der Waals surface area contributed by atoms with E-state index < -0.39 is 0 Å². The Morgan fingerprint density at radius 2 is 1.87 bits per heavy atom. The minimum Gasteiger partial charge on any atom is -0.353 e. The van der Waals surface area contributed by atoms with Gasteiger partial charge in [-0.3, -0.25) is 0 Å². The highest BCUT2D eigenvalue weighted by Gasteiger charge is 2.22. The summed E-state index contributed by atoms with van der Waals surface area (Å²) >= 11 is 0. The number of piperazine rings is 1. The van der Waals surface area contributed by atoms with Gasteiger partial charge < -0.3 is 10.2 Å². The Morgan fingerprint density at radius 1 is 1.04 bits per heavy atom.